The maximum absolute atomic E-state index is 5.80. The van der Waals surface area contributed by atoms with Crippen LogP contribution in [0, 0.1) is 0 Å². The van der Waals surface area contributed by atoms with Crippen LogP contribution < -0.4 is 5.32 Å². The minimum atomic E-state index is 0.841. The fraction of sp³-hybridized carbons (Fsp3) is 0.733. The lowest BCUT2D eigenvalue weighted by molar-refractivity contribution is 0.284. The SMILES string of the molecule is CCCCCN(C)Cc1ccc(CNCCC)o1. The molecular formula is C15H28N2O. The summed E-state index contributed by atoms with van der Waals surface area (Å²) in [4.78, 5) is 2.33. The van der Waals surface area contributed by atoms with Gasteiger partial charge in [0.25, 0.3) is 0 Å². The molecule has 0 aliphatic rings. The van der Waals surface area contributed by atoms with Gasteiger partial charge in [0.05, 0.1) is 13.1 Å². The van der Waals surface area contributed by atoms with Crippen LogP contribution in [0.1, 0.15) is 51.1 Å². The zero-order valence-electron chi connectivity index (χ0n) is 12.2. The number of rotatable bonds is 10. The van der Waals surface area contributed by atoms with Gasteiger partial charge in [-0.15, -0.1) is 0 Å². The van der Waals surface area contributed by atoms with Crippen LogP contribution in [0.4, 0.5) is 0 Å². The Kier molecular flexibility index (Phi) is 7.78. The lowest BCUT2D eigenvalue weighted by atomic mass is 10.2. The lowest BCUT2D eigenvalue weighted by Gasteiger charge is -2.14. The van der Waals surface area contributed by atoms with Gasteiger partial charge in [-0.1, -0.05) is 26.7 Å². The van der Waals surface area contributed by atoms with Crippen LogP contribution in [-0.4, -0.2) is 25.0 Å². The Hall–Kier alpha value is -0.800. The average molecular weight is 252 g/mol. The number of hydrogen-bond acceptors (Lipinski definition) is 3. The fourth-order valence-corrected chi connectivity index (χ4v) is 1.97. The van der Waals surface area contributed by atoms with E-state index in [2.05, 4.69) is 43.2 Å². The van der Waals surface area contributed by atoms with E-state index < -0.39 is 0 Å². The summed E-state index contributed by atoms with van der Waals surface area (Å²) in [6.45, 7) is 8.36. The number of unbranched alkanes of at least 4 members (excludes halogenated alkanes) is 2. The summed E-state index contributed by atoms with van der Waals surface area (Å²) >= 11 is 0. The van der Waals surface area contributed by atoms with Gasteiger partial charge < -0.3 is 9.73 Å². The molecule has 3 nitrogen and oxygen atoms in total. The van der Waals surface area contributed by atoms with Crippen molar-refractivity contribution in [1.29, 1.82) is 0 Å². The Labute approximate surface area is 112 Å². The second-order valence-corrected chi connectivity index (χ2v) is 4.99. The van der Waals surface area contributed by atoms with Crippen molar-refractivity contribution in [3.63, 3.8) is 0 Å². The highest BCUT2D eigenvalue weighted by atomic mass is 16.3. The van der Waals surface area contributed by atoms with Gasteiger partial charge in [-0.2, -0.15) is 0 Å². The minimum Gasteiger partial charge on any atom is -0.463 e. The second kappa shape index (κ2) is 9.17. The molecule has 0 aliphatic carbocycles. The fourth-order valence-electron chi connectivity index (χ4n) is 1.97. The molecule has 0 saturated carbocycles. The van der Waals surface area contributed by atoms with Gasteiger partial charge >= 0.3 is 0 Å². The van der Waals surface area contributed by atoms with Crippen LogP contribution in [-0.2, 0) is 13.1 Å². The van der Waals surface area contributed by atoms with Crippen LogP contribution in [0.3, 0.4) is 0 Å². The van der Waals surface area contributed by atoms with Crippen molar-refractivity contribution in [1.82, 2.24) is 10.2 Å². The average Bonchev–Trinajstić information content (AvgIpc) is 2.77. The highest BCUT2D eigenvalue weighted by Gasteiger charge is 2.05. The van der Waals surface area contributed by atoms with Gasteiger partial charge in [-0.25, -0.2) is 0 Å². The first-order valence-corrected chi connectivity index (χ1v) is 7.23. The molecule has 1 rings (SSSR count). The quantitative estimate of drug-likeness (QED) is 0.647. The van der Waals surface area contributed by atoms with E-state index in [0.29, 0.717) is 0 Å². The highest BCUT2D eigenvalue weighted by Crippen LogP contribution is 2.10. The third-order valence-electron chi connectivity index (χ3n) is 3.01. The van der Waals surface area contributed by atoms with Crippen molar-refractivity contribution in [3.8, 4) is 0 Å². The first-order valence-electron chi connectivity index (χ1n) is 7.23. The maximum atomic E-state index is 5.80. The van der Waals surface area contributed by atoms with E-state index in [9.17, 15) is 0 Å². The Balaban J connectivity index is 2.25. The Bertz CT molecular complexity index is 309. The highest BCUT2D eigenvalue weighted by molar-refractivity contribution is 5.06. The molecule has 1 aromatic rings. The number of hydrogen-bond donors (Lipinski definition) is 1. The molecule has 0 unspecified atom stereocenters. The monoisotopic (exact) mass is 252 g/mol. The van der Waals surface area contributed by atoms with Crippen molar-refractivity contribution in [2.45, 2.75) is 52.6 Å². The molecule has 0 aliphatic heterocycles. The van der Waals surface area contributed by atoms with Crippen molar-refractivity contribution < 1.29 is 4.42 Å². The molecule has 0 saturated heterocycles. The standard InChI is InChI=1S/C15H28N2O/c1-4-6-7-11-17(3)13-15-9-8-14(18-15)12-16-10-5-2/h8-9,16H,4-7,10-13H2,1-3H3. The van der Waals surface area contributed by atoms with Crippen molar-refractivity contribution in [2.75, 3.05) is 20.1 Å². The van der Waals surface area contributed by atoms with E-state index in [1.807, 2.05) is 0 Å². The Morgan fingerprint density at radius 2 is 1.89 bits per heavy atom. The molecule has 1 heterocycles. The summed E-state index contributed by atoms with van der Waals surface area (Å²) in [6, 6.07) is 4.18. The van der Waals surface area contributed by atoms with Gasteiger partial charge in [-0.05, 0) is 45.1 Å². The predicted molar refractivity (Wildman–Crippen MR) is 76.6 cm³/mol. The number of furan rings is 1. The topological polar surface area (TPSA) is 28.4 Å². The smallest absolute Gasteiger partial charge is 0.118 e. The van der Waals surface area contributed by atoms with Gasteiger partial charge in [-0.3, -0.25) is 4.90 Å². The van der Waals surface area contributed by atoms with Gasteiger partial charge in [0.1, 0.15) is 11.5 Å². The summed E-state index contributed by atoms with van der Waals surface area (Å²) < 4.78 is 5.80. The molecule has 0 aromatic carbocycles. The van der Waals surface area contributed by atoms with E-state index in [4.69, 9.17) is 4.42 Å². The van der Waals surface area contributed by atoms with Crippen molar-refractivity contribution in [2.24, 2.45) is 0 Å². The van der Waals surface area contributed by atoms with E-state index >= 15 is 0 Å². The Morgan fingerprint density at radius 3 is 2.61 bits per heavy atom. The largest absolute Gasteiger partial charge is 0.463 e. The van der Waals surface area contributed by atoms with Crippen LogP contribution in [0.2, 0.25) is 0 Å². The molecule has 18 heavy (non-hydrogen) atoms. The third-order valence-corrected chi connectivity index (χ3v) is 3.01. The second-order valence-electron chi connectivity index (χ2n) is 4.99. The van der Waals surface area contributed by atoms with Gasteiger partial charge in [0.15, 0.2) is 0 Å². The summed E-state index contributed by atoms with van der Waals surface area (Å²) in [7, 11) is 2.16. The van der Waals surface area contributed by atoms with E-state index in [1.165, 1.54) is 19.3 Å². The normalized spacial score (nSPS) is 11.3. The van der Waals surface area contributed by atoms with Gasteiger partial charge in [0.2, 0.25) is 0 Å². The number of nitrogens with one attached hydrogen (secondary N) is 1. The summed E-state index contributed by atoms with van der Waals surface area (Å²) in [5.41, 5.74) is 0. The predicted octanol–water partition coefficient (Wildman–Crippen LogP) is 3.40. The summed E-state index contributed by atoms with van der Waals surface area (Å²) in [5.74, 6) is 2.11. The number of nitrogens with zero attached hydrogens (tertiary/aromatic N) is 1. The molecule has 0 amide bonds. The molecule has 3 heteroatoms. The Morgan fingerprint density at radius 1 is 1.11 bits per heavy atom. The first-order chi connectivity index (χ1) is 8.76. The summed E-state index contributed by atoms with van der Waals surface area (Å²) in [6.07, 6.45) is 5.03. The molecule has 1 N–H and O–H groups in total. The molecular weight excluding hydrogens is 224 g/mol. The molecule has 0 spiro atoms. The zero-order chi connectivity index (χ0) is 13.2. The van der Waals surface area contributed by atoms with Crippen molar-refractivity contribution >= 4 is 0 Å². The van der Waals surface area contributed by atoms with E-state index in [-0.39, 0.29) is 0 Å². The molecule has 0 atom stereocenters. The lowest BCUT2D eigenvalue weighted by Crippen LogP contribution is -2.18. The molecule has 0 radical (unpaired) electrons. The molecule has 0 fully saturated rings. The van der Waals surface area contributed by atoms with Crippen LogP contribution >= 0.6 is 0 Å². The molecule has 1 aromatic heterocycles. The van der Waals surface area contributed by atoms with Crippen LogP contribution in [0.25, 0.3) is 0 Å². The maximum Gasteiger partial charge on any atom is 0.118 e. The molecule has 0 bridgehead atoms. The van der Waals surface area contributed by atoms with Crippen LogP contribution in [0.15, 0.2) is 16.5 Å². The minimum absolute atomic E-state index is 0.841. The summed E-state index contributed by atoms with van der Waals surface area (Å²) in [5, 5.41) is 3.35. The first kappa shape index (κ1) is 15.3. The van der Waals surface area contributed by atoms with E-state index in [0.717, 1.165) is 44.1 Å². The van der Waals surface area contributed by atoms with Gasteiger partial charge in [0, 0.05) is 0 Å². The van der Waals surface area contributed by atoms with E-state index in [1.54, 1.807) is 0 Å². The molecule has 104 valence electrons. The van der Waals surface area contributed by atoms with Crippen molar-refractivity contribution in [3.05, 3.63) is 23.7 Å². The third kappa shape index (κ3) is 6.22. The zero-order valence-corrected chi connectivity index (χ0v) is 12.2. The van der Waals surface area contributed by atoms with Crippen LogP contribution in [0.5, 0.6) is 0 Å².